The molecule has 0 aliphatic heterocycles. The molecule has 94 valence electrons. The topological polar surface area (TPSA) is 42.7 Å². The average molecular weight is 267 g/mol. The summed E-state index contributed by atoms with van der Waals surface area (Å²) in [5.41, 5.74) is 0.627. The SMILES string of the molecule is Fc1cc(-n2ncnc2CNC2CC2)ccc1Cl. The summed E-state index contributed by atoms with van der Waals surface area (Å²) in [6.07, 6.45) is 3.89. The summed E-state index contributed by atoms with van der Waals surface area (Å²) in [5, 5.41) is 7.57. The van der Waals surface area contributed by atoms with Gasteiger partial charge in [-0.1, -0.05) is 11.6 Å². The van der Waals surface area contributed by atoms with Crippen LogP contribution in [-0.4, -0.2) is 20.8 Å². The Kier molecular flexibility index (Phi) is 3.01. The first-order valence-electron chi connectivity index (χ1n) is 5.82. The predicted octanol–water partition coefficient (Wildman–Crippen LogP) is 2.31. The predicted molar refractivity (Wildman–Crippen MR) is 66.2 cm³/mol. The van der Waals surface area contributed by atoms with E-state index in [0.29, 0.717) is 18.3 Å². The third kappa shape index (κ3) is 2.37. The van der Waals surface area contributed by atoms with Gasteiger partial charge in [0.15, 0.2) is 0 Å². The molecule has 1 aromatic carbocycles. The number of hydrogen-bond acceptors (Lipinski definition) is 3. The average Bonchev–Trinajstić information content (AvgIpc) is 3.08. The van der Waals surface area contributed by atoms with Crippen LogP contribution >= 0.6 is 11.6 Å². The molecule has 1 fully saturated rings. The first-order valence-corrected chi connectivity index (χ1v) is 6.19. The van der Waals surface area contributed by atoms with E-state index in [1.54, 1.807) is 10.7 Å². The lowest BCUT2D eigenvalue weighted by atomic mass is 10.3. The van der Waals surface area contributed by atoms with E-state index in [1.807, 2.05) is 0 Å². The van der Waals surface area contributed by atoms with Gasteiger partial charge < -0.3 is 5.32 Å². The van der Waals surface area contributed by atoms with Gasteiger partial charge in [0.05, 0.1) is 17.3 Å². The molecule has 1 saturated carbocycles. The van der Waals surface area contributed by atoms with E-state index in [0.717, 1.165) is 5.82 Å². The van der Waals surface area contributed by atoms with Gasteiger partial charge in [-0.05, 0) is 25.0 Å². The number of nitrogens with one attached hydrogen (secondary N) is 1. The Bertz CT molecular complexity index is 565. The van der Waals surface area contributed by atoms with E-state index in [4.69, 9.17) is 11.6 Å². The van der Waals surface area contributed by atoms with Crippen LogP contribution in [0, 0.1) is 5.82 Å². The van der Waals surface area contributed by atoms with Crippen molar-refractivity contribution in [3.05, 3.63) is 41.2 Å². The number of halogens is 2. The highest BCUT2D eigenvalue weighted by molar-refractivity contribution is 6.30. The molecule has 1 aliphatic carbocycles. The molecular formula is C12H12ClFN4. The maximum Gasteiger partial charge on any atom is 0.146 e. The molecule has 0 radical (unpaired) electrons. The second-order valence-corrected chi connectivity index (χ2v) is 4.75. The lowest BCUT2D eigenvalue weighted by Crippen LogP contribution is -2.18. The largest absolute Gasteiger partial charge is 0.307 e. The van der Waals surface area contributed by atoms with Crippen molar-refractivity contribution in [3.63, 3.8) is 0 Å². The van der Waals surface area contributed by atoms with Crippen LogP contribution in [0.1, 0.15) is 18.7 Å². The molecule has 1 aliphatic rings. The van der Waals surface area contributed by atoms with E-state index in [9.17, 15) is 4.39 Å². The van der Waals surface area contributed by atoms with Gasteiger partial charge in [-0.25, -0.2) is 14.1 Å². The van der Waals surface area contributed by atoms with Crippen LogP contribution in [0.15, 0.2) is 24.5 Å². The van der Waals surface area contributed by atoms with Crippen LogP contribution in [0.4, 0.5) is 4.39 Å². The Labute approximate surface area is 109 Å². The Balaban J connectivity index is 1.85. The smallest absolute Gasteiger partial charge is 0.146 e. The van der Waals surface area contributed by atoms with E-state index >= 15 is 0 Å². The number of aromatic nitrogens is 3. The van der Waals surface area contributed by atoms with Crippen LogP contribution in [0.5, 0.6) is 0 Å². The normalized spacial score (nSPS) is 15.0. The van der Waals surface area contributed by atoms with Crippen LogP contribution < -0.4 is 5.32 Å². The van der Waals surface area contributed by atoms with Gasteiger partial charge in [0.25, 0.3) is 0 Å². The Hall–Kier alpha value is -1.46. The van der Waals surface area contributed by atoms with Gasteiger partial charge in [-0.15, -0.1) is 0 Å². The molecule has 18 heavy (non-hydrogen) atoms. The van der Waals surface area contributed by atoms with Crippen molar-refractivity contribution in [2.24, 2.45) is 0 Å². The van der Waals surface area contributed by atoms with Crippen molar-refractivity contribution in [1.82, 2.24) is 20.1 Å². The summed E-state index contributed by atoms with van der Waals surface area (Å²) >= 11 is 5.66. The zero-order valence-corrected chi connectivity index (χ0v) is 10.4. The molecule has 0 amide bonds. The standard InChI is InChI=1S/C12H12ClFN4/c13-10-4-3-9(5-11(10)14)18-12(16-7-17-18)6-15-8-1-2-8/h3-5,7-8,15H,1-2,6H2. The minimum atomic E-state index is -0.453. The van der Waals surface area contributed by atoms with E-state index in [-0.39, 0.29) is 5.02 Å². The van der Waals surface area contributed by atoms with Crippen molar-refractivity contribution >= 4 is 11.6 Å². The molecule has 3 rings (SSSR count). The highest BCUT2D eigenvalue weighted by Gasteiger charge is 2.21. The molecule has 0 saturated heterocycles. The zero-order valence-electron chi connectivity index (χ0n) is 9.61. The lowest BCUT2D eigenvalue weighted by Gasteiger charge is -2.07. The third-order valence-corrected chi connectivity index (χ3v) is 3.20. The maximum atomic E-state index is 13.4. The molecule has 1 aromatic heterocycles. The summed E-state index contributed by atoms with van der Waals surface area (Å²) in [4.78, 5) is 4.18. The zero-order chi connectivity index (χ0) is 12.5. The van der Waals surface area contributed by atoms with Gasteiger partial charge in [-0.2, -0.15) is 5.10 Å². The van der Waals surface area contributed by atoms with Crippen LogP contribution in [-0.2, 0) is 6.54 Å². The fourth-order valence-corrected chi connectivity index (χ4v) is 1.86. The molecule has 0 unspecified atom stereocenters. The van der Waals surface area contributed by atoms with Crippen LogP contribution in [0.3, 0.4) is 0 Å². The van der Waals surface area contributed by atoms with Crippen molar-refractivity contribution in [1.29, 1.82) is 0 Å². The van der Waals surface area contributed by atoms with Gasteiger partial charge in [-0.3, -0.25) is 0 Å². The highest BCUT2D eigenvalue weighted by atomic mass is 35.5. The molecule has 4 nitrogen and oxygen atoms in total. The molecule has 6 heteroatoms. The van der Waals surface area contributed by atoms with Crippen molar-refractivity contribution in [2.45, 2.75) is 25.4 Å². The summed E-state index contributed by atoms with van der Waals surface area (Å²) in [7, 11) is 0. The lowest BCUT2D eigenvalue weighted by molar-refractivity contribution is 0.618. The second kappa shape index (κ2) is 4.66. The van der Waals surface area contributed by atoms with Crippen molar-refractivity contribution in [2.75, 3.05) is 0 Å². The molecule has 0 spiro atoms. The van der Waals surface area contributed by atoms with E-state index < -0.39 is 5.82 Å². The highest BCUT2D eigenvalue weighted by Crippen LogP contribution is 2.20. The number of rotatable bonds is 4. The fourth-order valence-electron chi connectivity index (χ4n) is 1.74. The summed E-state index contributed by atoms with van der Waals surface area (Å²) in [5.74, 6) is 0.314. The van der Waals surface area contributed by atoms with Gasteiger partial charge in [0.1, 0.15) is 18.0 Å². The number of benzene rings is 1. The fraction of sp³-hybridized carbons (Fsp3) is 0.333. The van der Waals surface area contributed by atoms with Gasteiger partial charge >= 0.3 is 0 Å². The quantitative estimate of drug-likeness (QED) is 0.923. The molecule has 1 heterocycles. The first kappa shape index (κ1) is 11.6. The molecular weight excluding hydrogens is 255 g/mol. The third-order valence-electron chi connectivity index (χ3n) is 2.89. The molecule has 0 bridgehead atoms. The number of nitrogens with zero attached hydrogens (tertiary/aromatic N) is 3. The van der Waals surface area contributed by atoms with Crippen LogP contribution in [0.25, 0.3) is 5.69 Å². The van der Waals surface area contributed by atoms with Gasteiger partial charge in [0, 0.05) is 12.1 Å². The minimum Gasteiger partial charge on any atom is -0.307 e. The second-order valence-electron chi connectivity index (χ2n) is 4.34. The number of hydrogen-bond donors (Lipinski definition) is 1. The minimum absolute atomic E-state index is 0.108. The molecule has 0 atom stereocenters. The van der Waals surface area contributed by atoms with Crippen LogP contribution in [0.2, 0.25) is 5.02 Å². The maximum absolute atomic E-state index is 13.4. The molecule has 1 N–H and O–H groups in total. The summed E-state index contributed by atoms with van der Waals surface area (Å²) in [6.45, 7) is 0.634. The Morgan fingerprint density at radius 1 is 1.44 bits per heavy atom. The van der Waals surface area contributed by atoms with Crippen molar-refractivity contribution < 1.29 is 4.39 Å². The Morgan fingerprint density at radius 3 is 3.00 bits per heavy atom. The van der Waals surface area contributed by atoms with Crippen molar-refractivity contribution in [3.8, 4) is 5.69 Å². The van der Waals surface area contributed by atoms with E-state index in [2.05, 4.69) is 15.4 Å². The first-order chi connectivity index (χ1) is 8.74. The Morgan fingerprint density at radius 2 is 2.28 bits per heavy atom. The summed E-state index contributed by atoms with van der Waals surface area (Å²) < 4.78 is 15.0. The van der Waals surface area contributed by atoms with E-state index in [1.165, 1.54) is 31.3 Å². The van der Waals surface area contributed by atoms with Gasteiger partial charge in [0.2, 0.25) is 0 Å². The summed E-state index contributed by atoms with van der Waals surface area (Å²) in [6, 6.07) is 5.20. The molecule has 2 aromatic rings. The monoisotopic (exact) mass is 266 g/mol.